The van der Waals surface area contributed by atoms with Crippen molar-refractivity contribution < 1.29 is 9.90 Å². The van der Waals surface area contributed by atoms with Crippen LogP contribution in [0, 0.1) is 5.92 Å². The van der Waals surface area contributed by atoms with Crippen LogP contribution in [-0.2, 0) is 0 Å². The maximum atomic E-state index is 12.1. The average molecular weight is 297 g/mol. The lowest BCUT2D eigenvalue weighted by Gasteiger charge is -2.24. The van der Waals surface area contributed by atoms with E-state index in [4.69, 9.17) is 11.6 Å². The molecule has 110 valence electrons. The number of likely N-dealkylation sites (N-methyl/N-ethyl adjacent to an activating group) is 1. The van der Waals surface area contributed by atoms with Crippen molar-refractivity contribution in [2.75, 3.05) is 13.6 Å². The van der Waals surface area contributed by atoms with E-state index >= 15 is 0 Å². The molecule has 0 radical (unpaired) electrons. The highest BCUT2D eigenvalue weighted by Gasteiger charge is 2.31. The third kappa shape index (κ3) is 3.87. The van der Waals surface area contributed by atoms with Crippen LogP contribution in [0.4, 0.5) is 4.79 Å². The minimum absolute atomic E-state index is 0.170. The number of benzene rings is 1. The molecule has 2 amide bonds. The Labute approximate surface area is 124 Å². The third-order valence-electron chi connectivity index (χ3n) is 3.69. The first-order valence-electron chi connectivity index (χ1n) is 6.93. The van der Waals surface area contributed by atoms with Crippen molar-refractivity contribution in [1.82, 2.24) is 10.2 Å². The van der Waals surface area contributed by atoms with Crippen molar-refractivity contribution in [2.45, 2.75) is 31.9 Å². The number of rotatable bonds is 5. The SMILES string of the molecule is CC(NC(=O)N(C)CC(O)C1CC1)c1ccccc1Cl. The topological polar surface area (TPSA) is 52.6 Å². The van der Waals surface area contributed by atoms with E-state index in [1.807, 2.05) is 25.1 Å². The predicted octanol–water partition coefficient (Wildman–Crippen LogP) is 2.81. The fourth-order valence-electron chi connectivity index (χ4n) is 2.19. The Kier molecular flexibility index (Phi) is 4.89. The number of hydrogen-bond donors (Lipinski definition) is 2. The van der Waals surface area contributed by atoms with Crippen molar-refractivity contribution in [3.05, 3.63) is 34.9 Å². The number of nitrogens with one attached hydrogen (secondary N) is 1. The zero-order chi connectivity index (χ0) is 14.7. The van der Waals surface area contributed by atoms with E-state index in [0.29, 0.717) is 17.5 Å². The standard InChI is InChI=1S/C15H21ClN2O2/c1-10(12-5-3-4-6-13(12)16)17-15(20)18(2)9-14(19)11-7-8-11/h3-6,10-11,14,19H,7-9H2,1-2H3,(H,17,20). The number of carbonyl (C=O) groups excluding carboxylic acids is 1. The van der Waals surface area contributed by atoms with Crippen LogP contribution in [0.25, 0.3) is 0 Å². The van der Waals surface area contributed by atoms with Crippen LogP contribution in [0.1, 0.15) is 31.4 Å². The molecule has 0 aliphatic heterocycles. The highest BCUT2D eigenvalue weighted by molar-refractivity contribution is 6.31. The monoisotopic (exact) mass is 296 g/mol. The third-order valence-corrected chi connectivity index (χ3v) is 4.03. The van der Waals surface area contributed by atoms with Crippen LogP contribution in [0.15, 0.2) is 24.3 Å². The number of amides is 2. The number of nitrogens with zero attached hydrogens (tertiary/aromatic N) is 1. The quantitative estimate of drug-likeness (QED) is 0.878. The molecule has 4 nitrogen and oxygen atoms in total. The first kappa shape index (κ1) is 15.1. The lowest BCUT2D eigenvalue weighted by atomic mass is 10.1. The molecule has 5 heteroatoms. The highest BCUT2D eigenvalue weighted by atomic mass is 35.5. The van der Waals surface area contributed by atoms with Gasteiger partial charge in [0.2, 0.25) is 0 Å². The first-order valence-corrected chi connectivity index (χ1v) is 7.31. The van der Waals surface area contributed by atoms with E-state index in [1.165, 1.54) is 4.90 Å². The summed E-state index contributed by atoms with van der Waals surface area (Å²) in [5, 5.41) is 13.4. The van der Waals surface area contributed by atoms with Crippen molar-refractivity contribution in [1.29, 1.82) is 0 Å². The molecule has 1 aliphatic carbocycles. The fourth-order valence-corrected chi connectivity index (χ4v) is 2.49. The first-order chi connectivity index (χ1) is 9.49. The van der Waals surface area contributed by atoms with Gasteiger partial charge in [0.15, 0.2) is 0 Å². The van der Waals surface area contributed by atoms with Gasteiger partial charge in [-0.2, -0.15) is 0 Å². The van der Waals surface area contributed by atoms with Gasteiger partial charge in [0.1, 0.15) is 0 Å². The molecule has 2 unspecified atom stereocenters. The van der Waals surface area contributed by atoms with E-state index in [-0.39, 0.29) is 12.1 Å². The number of carbonyl (C=O) groups is 1. The predicted molar refractivity (Wildman–Crippen MR) is 79.8 cm³/mol. The maximum Gasteiger partial charge on any atom is 0.317 e. The maximum absolute atomic E-state index is 12.1. The summed E-state index contributed by atoms with van der Waals surface area (Å²) in [5.74, 6) is 0.367. The van der Waals surface area contributed by atoms with Crippen LogP contribution in [0.3, 0.4) is 0 Å². The van der Waals surface area contributed by atoms with Gasteiger partial charge in [-0.25, -0.2) is 4.79 Å². The van der Waals surface area contributed by atoms with Crippen molar-refractivity contribution in [3.8, 4) is 0 Å². The van der Waals surface area contributed by atoms with Crippen molar-refractivity contribution in [3.63, 3.8) is 0 Å². The summed E-state index contributed by atoms with van der Waals surface area (Å²) in [4.78, 5) is 13.6. The van der Waals surface area contributed by atoms with Crippen LogP contribution in [0.2, 0.25) is 5.02 Å². The molecular weight excluding hydrogens is 276 g/mol. The van der Waals surface area contributed by atoms with Gasteiger partial charge in [-0.1, -0.05) is 29.8 Å². The molecule has 1 fully saturated rings. The van der Waals surface area contributed by atoms with E-state index < -0.39 is 6.10 Å². The molecule has 2 rings (SSSR count). The van der Waals surface area contributed by atoms with E-state index in [1.54, 1.807) is 13.1 Å². The summed E-state index contributed by atoms with van der Waals surface area (Å²) in [7, 11) is 1.69. The molecule has 1 saturated carbocycles. The molecular formula is C15H21ClN2O2. The van der Waals surface area contributed by atoms with Crippen molar-refractivity contribution >= 4 is 17.6 Å². The highest BCUT2D eigenvalue weighted by Crippen LogP contribution is 2.32. The lowest BCUT2D eigenvalue weighted by Crippen LogP contribution is -2.42. The van der Waals surface area contributed by atoms with Crippen LogP contribution in [-0.4, -0.2) is 35.7 Å². The zero-order valence-corrected chi connectivity index (χ0v) is 12.6. The minimum atomic E-state index is -0.415. The average Bonchev–Trinajstić information content (AvgIpc) is 3.23. The largest absolute Gasteiger partial charge is 0.391 e. The zero-order valence-electron chi connectivity index (χ0n) is 11.8. The Bertz CT molecular complexity index is 477. The van der Waals surface area contributed by atoms with Gasteiger partial charge in [0.05, 0.1) is 12.1 Å². The molecule has 0 bridgehead atoms. The molecule has 20 heavy (non-hydrogen) atoms. The second-order valence-electron chi connectivity index (χ2n) is 5.48. The molecule has 0 spiro atoms. The molecule has 0 heterocycles. The molecule has 2 atom stereocenters. The number of urea groups is 1. The summed E-state index contributed by atoms with van der Waals surface area (Å²) in [6.07, 6.45) is 1.71. The Hall–Kier alpha value is -1.26. The minimum Gasteiger partial charge on any atom is -0.391 e. The molecule has 0 saturated heterocycles. The van der Waals surface area contributed by atoms with E-state index in [0.717, 1.165) is 18.4 Å². The molecule has 1 aromatic carbocycles. The smallest absolute Gasteiger partial charge is 0.317 e. The summed E-state index contributed by atoms with van der Waals surface area (Å²) in [6, 6.07) is 7.09. The Balaban J connectivity index is 1.88. The second-order valence-corrected chi connectivity index (χ2v) is 5.89. The molecule has 0 aromatic heterocycles. The van der Waals surface area contributed by atoms with E-state index in [9.17, 15) is 9.90 Å². The summed E-state index contributed by atoms with van der Waals surface area (Å²) < 4.78 is 0. The summed E-state index contributed by atoms with van der Waals surface area (Å²) >= 11 is 6.11. The number of aliphatic hydroxyl groups is 1. The Morgan fingerprint density at radius 1 is 1.50 bits per heavy atom. The summed E-state index contributed by atoms with van der Waals surface area (Å²) in [6.45, 7) is 2.26. The number of aliphatic hydroxyl groups excluding tert-OH is 1. The van der Waals surface area contributed by atoms with Gasteiger partial charge in [-0.15, -0.1) is 0 Å². The van der Waals surface area contributed by atoms with Gasteiger partial charge in [-0.3, -0.25) is 0 Å². The van der Waals surface area contributed by atoms with Gasteiger partial charge >= 0.3 is 6.03 Å². The normalized spacial score (nSPS) is 17.4. The molecule has 1 aliphatic rings. The van der Waals surface area contributed by atoms with Gasteiger partial charge in [0.25, 0.3) is 0 Å². The van der Waals surface area contributed by atoms with Crippen LogP contribution < -0.4 is 5.32 Å². The van der Waals surface area contributed by atoms with Gasteiger partial charge in [-0.05, 0) is 37.3 Å². The second kappa shape index (κ2) is 6.46. The molecule has 2 N–H and O–H groups in total. The van der Waals surface area contributed by atoms with Gasteiger partial charge in [0, 0.05) is 18.6 Å². The number of halogens is 1. The van der Waals surface area contributed by atoms with Crippen LogP contribution >= 0.6 is 11.6 Å². The lowest BCUT2D eigenvalue weighted by molar-refractivity contribution is 0.113. The van der Waals surface area contributed by atoms with E-state index in [2.05, 4.69) is 5.32 Å². The Morgan fingerprint density at radius 3 is 2.75 bits per heavy atom. The fraction of sp³-hybridized carbons (Fsp3) is 0.533. The Morgan fingerprint density at radius 2 is 2.15 bits per heavy atom. The van der Waals surface area contributed by atoms with Gasteiger partial charge < -0.3 is 15.3 Å². The summed E-state index contributed by atoms with van der Waals surface area (Å²) in [5.41, 5.74) is 0.888. The van der Waals surface area contributed by atoms with Crippen LogP contribution in [0.5, 0.6) is 0 Å². The number of hydrogen-bond acceptors (Lipinski definition) is 2. The van der Waals surface area contributed by atoms with Crippen molar-refractivity contribution in [2.24, 2.45) is 5.92 Å². The molecule has 1 aromatic rings.